The van der Waals surface area contributed by atoms with Gasteiger partial charge in [0.25, 0.3) is 0 Å². The molecule has 1 N–H and O–H groups in total. The van der Waals surface area contributed by atoms with Gasteiger partial charge in [-0.2, -0.15) is 8.78 Å². The van der Waals surface area contributed by atoms with Crippen molar-refractivity contribution in [1.29, 1.82) is 0 Å². The molecule has 1 saturated heterocycles. The Hall–Kier alpha value is -4.26. The van der Waals surface area contributed by atoms with Gasteiger partial charge in [0.15, 0.2) is 0 Å². The van der Waals surface area contributed by atoms with Crippen molar-refractivity contribution >= 4 is 16.9 Å². The smallest absolute Gasteiger partial charge is 0.320 e. The normalized spacial score (nSPS) is 15.9. The molecule has 4 heterocycles. The van der Waals surface area contributed by atoms with E-state index in [2.05, 4.69) is 26.9 Å². The Morgan fingerprint density at radius 1 is 1.30 bits per heavy atom. The van der Waals surface area contributed by atoms with Crippen LogP contribution in [0.15, 0.2) is 49.4 Å². The predicted octanol–water partition coefficient (Wildman–Crippen LogP) is 4.17. The van der Waals surface area contributed by atoms with E-state index in [1.54, 1.807) is 11.0 Å². The Kier molecular flexibility index (Phi) is 7.32. The zero-order chi connectivity index (χ0) is 28.6. The van der Waals surface area contributed by atoms with Crippen molar-refractivity contribution in [3.8, 4) is 17.0 Å². The first-order valence-corrected chi connectivity index (χ1v) is 12.7. The van der Waals surface area contributed by atoms with E-state index in [1.807, 2.05) is 11.6 Å². The van der Waals surface area contributed by atoms with E-state index in [9.17, 15) is 23.1 Å². The maximum absolute atomic E-state index is 14.3. The zero-order valence-corrected chi connectivity index (χ0v) is 22.0. The number of aromatic nitrogens is 6. The monoisotopic (exact) mass is 555 g/mol. The van der Waals surface area contributed by atoms with E-state index in [0.29, 0.717) is 41.8 Å². The molecule has 5 rings (SSSR count). The van der Waals surface area contributed by atoms with E-state index in [1.165, 1.54) is 31.3 Å². The molecule has 0 radical (unpaired) electrons. The van der Waals surface area contributed by atoms with Crippen molar-refractivity contribution in [3.63, 3.8) is 0 Å². The zero-order valence-electron chi connectivity index (χ0n) is 22.0. The molecule has 1 atom stereocenters. The Bertz CT molecular complexity index is 1560. The third kappa shape index (κ3) is 5.04. The van der Waals surface area contributed by atoms with Gasteiger partial charge >= 0.3 is 6.55 Å². The van der Waals surface area contributed by atoms with Crippen LogP contribution in [0, 0.1) is 12.7 Å². The lowest BCUT2D eigenvalue weighted by molar-refractivity contribution is -0.127. The lowest BCUT2D eigenvalue weighted by Gasteiger charge is -2.31. The van der Waals surface area contributed by atoms with Gasteiger partial charge in [-0.05, 0) is 57.0 Å². The number of halogens is 3. The largest absolute Gasteiger partial charge is 0.488 e. The molecule has 0 spiro atoms. The van der Waals surface area contributed by atoms with Crippen LogP contribution >= 0.6 is 0 Å². The quantitative estimate of drug-likeness (QED) is 0.325. The van der Waals surface area contributed by atoms with Gasteiger partial charge in [-0.15, -0.1) is 5.10 Å². The average molecular weight is 556 g/mol. The first-order chi connectivity index (χ1) is 19.1. The summed E-state index contributed by atoms with van der Waals surface area (Å²) in [6.07, 6.45) is 5.02. The highest BCUT2D eigenvalue weighted by Crippen LogP contribution is 2.36. The summed E-state index contributed by atoms with van der Waals surface area (Å²) in [6.45, 7) is 4.49. The van der Waals surface area contributed by atoms with E-state index >= 15 is 0 Å². The number of benzene rings is 1. The number of aliphatic hydroxyl groups is 1. The molecule has 0 aliphatic carbocycles. The number of imidazole rings is 1. The summed E-state index contributed by atoms with van der Waals surface area (Å²) in [7, 11) is 0. The Morgan fingerprint density at radius 3 is 2.73 bits per heavy atom. The molecule has 210 valence electrons. The van der Waals surface area contributed by atoms with Gasteiger partial charge < -0.3 is 14.7 Å². The molecule has 1 aliphatic rings. The molecular weight excluding hydrogens is 527 g/mol. The van der Waals surface area contributed by atoms with Crippen molar-refractivity contribution in [2.45, 2.75) is 44.9 Å². The fourth-order valence-corrected chi connectivity index (χ4v) is 5.01. The van der Waals surface area contributed by atoms with Crippen molar-refractivity contribution in [1.82, 2.24) is 34.4 Å². The average Bonchev–Trinajstić information content (AvgIpc) is 3.55. The molecule has 10 nitrogen and oxygen atoms in total. The van der Waals surface area contributed by atoms with Crippen LogP contribution in [0.1, 0.15) is 43.7 Å². The number of piperidine rings is 1. The van der Waals surface area contributed by atoms with Crippen molar-refractivity contribution in [2.24, 2.45) is 0 Å². The number of nitrogens with zero attached hydrogens (tertiary/aromatic N) is 7. The van der Waals surface area contributed by atoms with E-state index in [0.717, 1.165) is 18.1 Å². The van der Waals surface area contributed by atoms with Crippen LogP contribution in [0.4, 0.5) is 13.2 Å². The number of carbonyl (C=O) groups excluding carboxylic acids is 1. The number of fused-ring (bicyclic) bond motifs is 1. The number of alkyl halides is 2. The fourth-order valence-electron chi connectivity index (χ4n) is 5.01. The van der Waals surface area contributed by atoms with Crippen LogP contribution in [0.3, 0.4) is 0 Å². The van der Waals surface area contributed by atoms with Crippen LogP contribution in [0.2, 0.25) is 0 Å². The molecule has 0 saturated carbocycles. The lowest BCUT2D eigenvalue weighted by Crippen LogP contribution is -2.38. The van der Waals surface area contributed by atoms with Gasteiger partial charge in [0.2, 0.25) is 5.91 Å². The summed E-state index contributed by atoms with van der Waals surface area (Å²) in [5.74, 6) is -0.824. The van der Waals surface area contributed by atoms with Crippen molar-refractivity contribution in [2.75, 3.05) is 19.7 Å². The molecule has 40 heavy (non-hydrogen) atoms. The molecule has 1 amide bonds. The van der Waals surface area contributed by atoms with Gasteiger partial charge in [0.05, 0.1) is 17.3 Å². The number of hydrogen-bond acceptors (Lipinski definition) is 7. The molecule has 1 fully saturated rings. The second kappa shape index (κ2) is 10.7. The third-order valence-corrected chi connectivity index (χ3v) is 7.12. The Morgan fingerprint density at radius 2 is 2.05 bits per heavy atom. The molecule has 4 aromatic rings. The highest BCUT2D eigenvalue weighted by Gasteiger charge is 2.31. The van der Waals surface area contributed by atoms with Gasteiger partial charge in [-0.25, -0.2) is 14.1 Å². The van der Waals surface area contributed by atoms with Gasteiger partial charge in [0.1, 0.15) is 47.0 Å². The summed E-state index contributed by atoms with van der Waals surface area (Å²) in [6, 6.07) is 5.72. The van der Waals surface area contributed by atoms with Crippen molar-refractivity contribution in [3.05, 3.63) is 66.6 Å². The minimum atomic E-state index is -2.90. The van der Waals surface area contributed by atoms with E-state index in [-0.39, 0.29) is 34.4 Å². The van der Waals surface area contributed by atoms with Crippen LogP contribution in [-0.4, -0.2) is 65.1 Å². The summed E-state index contributed by atoms with van der Waals surface area (Å²) in [4.78, 5) is 21.7. The maximum Gasteiger partial charge on any atom is 0.320 e. The Balaban J connectivity index is 1.47. The summed E-state index contributed by atoms with van der Waals surface area (Å²) in [5, 5.41) is 19.6. The van der Waals surface area contributed by atoms with Crippen molar-refractivity contribution < 1.29 is 27.8 Å². The molecule has 1 aliphatic heterocycles. The Labute approximate surface area is 227 Å². The number of ether oxygens (including phenoxy) is 1. The van der Waals surface area contributed by atoms with Gasteiger partial charge in [0, 0.05) is 24.8 Å². The maximum atomic E-state index is 14.3. The molecule has 1 unspecified atom stereocenters. The highest BCUT2D eigenvalue weighted by atomic mass is 19.3. The number of likely N-dealkylation sites (tertiary alicyclic amines) is 1. The van der Waals surface area contributed by atoms with Crippen LogP contribution < -0.4 is 4.74 Å². The standard InChI is InChI=1S/C27H28F3N7O3/c1-4-22(38)35-10-7-18(8-11-35)37-16(2)23(33-34-37)17-12-20-24(36(15-32-20)26(29)30)21(13-17)40-14-27(3,39)25-19(28)6-5-9-31-25/h4-6,9,12-13,15,18,26,39H,1,7-8,10-11,14H2,2-3H3. The summed E-state index contributed by atoms with van der Waals surface area (Å²) in [5.41, 5.74) is -0.0789. The second-order valence-corrected chi connectivity index (χ2v) is 9.90. The number of carbonyl (C=O) groups is 1. The van der Waals surface area contributed by atoms with Gasteiger partial charge in [-0.3, -0.25) is 14.3 Å². The molecule has 3 aromatic heterocycles. The van der Waals surface area contributed by atoms with Crippen LogP contribution in [0.5, 0.6) is 5.75 Å². The number of pyridine rings is 1. The first-order valence-electron chi connectivity index (χ1n) is 12.7. The van der Waals surface area contributed by atoms with Gasteiger partial charge in [-0.1, -0.05) is 11.8 Å². The van der Waals surface area contributed by atoms with E-state index < -0.39 is 24.6 Å². The SMILES string of the molecule is C=CC(=O)N1CCC(n2nnc(-c3cc(OCC(C)(O)c4ncccc4F)c4c(c3)ncn4C(F)F)c2C)CC1. The first kappa shape index (κ1) is 27.3. The minimum Gasteiger partial charge on any atom is -0.488 e. The molecular formula is C27H28F3N7O3. The van der Waals surface area contributed by atoms with Crippen LogP contribution in [0.25, 0.3) is 22.3 Å². The lowest BCUT2D eigenvalue weighted by atomic mass is 10.0. The third-order valence-electron chi connectivity index (χ3n) is 7.12. The number of rotatable bonds is 8. The fraction of sp³-hybridized carbons (Fsp3) is 0.370. The summed E-state index contributed by atoms with van der Waals surface area (Å²) >= 11 is 0. The summed E-state index contributed by atoms with van der Waals surface area (Å²) < 4.78 is 50.2. The second-order valence-electron chi connectivity index (χ2n) is 9.90. The number of amides is 1. The minimum absolute atomic E-state index is 0.00658. The molecule has 0 bridgehead atoms. The van der Waals surface area contributed by atoms with E-state index in [4.69, 9.17) is 4.74 Å². The molecule has 13 heteroatoms. The highest BCUT2D eigenvalue weighted by molar-refractivity contribution is 5.88. The topological polar surface area (TPSA) is 111 Å². The number of hydrogen-bond donors (Lipinski definition) is 1. The van der Waals surface area contributed by atoms with Crippen LogP contribution in [-0.2, 0) is 10.4 Å². The molecule has 1 aromatic carbocycles. The predicted molar refractivity (Wildman–Crippen MR) is 139 cm³/mol.